The van der Waals surface area contributed by atoms with Gasteiger partial charge in [0, 0.05) is 37.5 Å². The Bertz CT molecular complexity index is 970. The van der Waals surface area contributed by atoms with E-state index >= 15 is 0 Å². The van der Waals surface area contributed by atoms with Crippen LogP contribution in [0.5, 0.6) is 0 Å². The van der Waals surface area contributed by atoms with Crippen molar-refractivity contribution in [3.8, 4) is 11.3 Å². The van der Waals surface area contributed by atoms with Crippen LogP contribution in [0.3, 0.4) is 0 Å². The lowest BCUT2D eigenvalue weighted by atomic mass is 10.1. The maximum absolute atomic E-state index is 13.0. The summed E-state index contributed by atoms with van der Waals surface area (Å²) in [6.07, 6.45) is 5.58. The molecule has 148 valence electrons. The minimum Gasteiger partial charge on any atom is -0.355 e. The van der Waals surface area contributed by atoms with Crippen molar-refractivity contribution in [1.29, 1.82) is 0 Å². The number of hydrogen-bond acceptors (Lipinski definition) is 6. The van der Waals surface area contributed by atoms with Gasteiger partial charge in [0.2, 0.25) is 0 Å². The molecule has 7 nitrogen and oxygen atoms in total. The van der Waals surface area contributed by atoms with E-state index in [2.05, 4.69) is 25.1 Å². The lowest BCUT2D eigenvalue weighted by molar-refractivity contribution is 0.0739. The monoisotopic (exact) mass is 388 g/mol. The summed E-state index contributed by atoms with van der Waals surface area (Å²) < 4.78 is 0. The third-order valence-electron chi connectivity index (χ3n) is 5.42. The number of carbonyl (C=O) groups excluding carboxylic acids is 1. The topological polar surface area (TPSA) is 75.1 Å². The van der Waals surface area contributed by atoms with Gasteiger partial charge in [-0.3, -0.25) is 4.79 Å². The van der Waals surface area contributed by atoms with Crippen molar-refractivity contribution < 1.29 is 4.79 Å². The van der Waals surface area contributed by atoms with Crippen molar-refractivity contribution in [3.63, 3.8) is 0 Å². The predicted octanol–water partition coefficient (Wildman–Crippen LogP) is 3.37. The predicted molar refractivity (Wildman–Crippen MR) is 111 cm³/mol. The molecule has 4 rings (SSSR count). The minimum atomic E-state index is -0.159. The molecule has 3 aromatic rings. The zero-order chi connectivity index (χ0) is 20.2. The first kappa shape index (κ1) is 19.0. The second-order valence-corrected chi connectivity index (χ2v) is 7.28. The molecule has 3 heterocycles. The van der Waals surface area contributed by atoms with Crippen molar-refractivity contribution in [1.82, 2.24) is 25.1 Å². The molecule has 0 aliphatic carbocycles. The lowest BCUT2D eigenvalue weighted by Crippen LogP contribution is -2.30. The van der Waals surface area contributed by atoms with Gasteiger partial charge in [-0.1, -0.05) is 12.1 Å². The van der Waals surface area contributed by atoms with E-state index in [4.69, 9.17) is 0 Å². The summed E-state index contributed by atoms with van der Waals surface area (Å²) in [5.74, 6) is 0.844. The molecule has 0 spiro atoms. The molecule has 1 atom stereocenters. The van der Waals surface area contributed by atoms with Gasteiger partial charge in [-0.2, -0.15) is 0 Å². The highest BCUT2D eigenvalue weighted by Crippen LogP contribution is 2.24. The molecule has 7 heteroatoms. The first-order valence-corrected chi connectivity index (χ1v) is 9.85. The molecule has 0 N–H and O–H groups in total. The van der Waals surface area contributed by atoms with E-state index in [0.717, 1.165) is 35.9 Å². The molecule has 1 fully saturated rings. The summed E-state index contributed by atoms with van der Waals surface area (Å²) in [4.78, 5) is 25.1. The normalized spacial score (nSPS) is 14.6. The highest BCUT2D eigenvalue weighted by Gasteiger charge is 2.20. The molecular formula is C22H24N6O. The standard InChI is InChI=1S/C22H24N6O/c1-16(19-10-11-23-15-24-19)27(2)22(29)18-7-5-6-17(14-18)20-8-9-21(26-25-20)28-12-3-4-13-28/h5-11,14-16H,3-4,12-13H2,1-2H3. The first-order chi connectivity index (χ1) is 14.1. The number of nitrogens with zero attached hydrogens (tertiary/aromatic N) is 6. The Labute approximate surface area is 170 Å². The summed E-state index contributed by atoms with van der Waals surface area (Å²) >= 11 is 0. The fourth-order valence-corrected chi connectivity index (χ4v) is 3.53. The zero-order valence-electron chi connectivity index (χ0n) is 16.7. The van der Waals surface area contributed by atoms with Gasteiger partial charge in [-0.05, 0) is 50.1 Å². The van der Waals surface area contributed by atoms with E-state index in [0.29, 0.717) is 5.56 Å². The van der Waals surface area contributed by atoms with E-state index < -0.39 is 0 Å². The third-order valence-corrected chi connectivity index (χ3v) is 5.42. The van der Waals surface area contributed by atoms with Crippen LogP contribution in [0.15, 0.2) is 55.0 Å². The number of aromatic nitrogens is 4. The number of benzene rings is 1. The van der Waals surface area contributed by atoms with Gasteiger partial charge in [0.1, 0.15) is 6.33 Å². The number of anilines is 1. The van der Waals surface area contributed by atoms with Gasteiger partial charge in [0.15, 0.2) is 5.82 Å². The van der Waals surface area contributed by atoms with Crippen LogP contribution in [0.25, 0.3) is 11.3 Å². The smallest absolute Gasteiger partial charge is 0.254 e. The van der Waals surface area contributed by atoms with Gasteiger partial charge >= 0.3 is 0 Å². The molecule has 1 saturated heterocycles. The molecule has 29 heavy (non-hydrogen) atoms. The van der Waals surface area contributed by atoms with Crippen molar-refractivity contribution in [2.45, 2.75) is 25.8 Å². The quantitative estimate of drug-likeness (QED) is 0.667. The van der Waals surface area contributed by atoms with Crippen LogP contribution in [0.2, 0.25) is 0 Å². The Kier molecular flexibility index (Phi) is 5.46. The van der Waals surface area contributed by atoms with Crippen molar-refractivity contribution in [2.24, 2.45) is 0 Å². The average molecular weight is 388 g/mol. The van der Waals surface area contributed by atoms with E-state index in [-0.39, 0.29) is 11.9 Å². The maximum Gasteiger partial charge on any atom is 0.254 e. The first-order valence-electron chi connectivity index (χ1n) is 9.85. The van der Waals surface area contributed by atoms with Gasteiger partial charge in [0.25, 0.3) is 5.91 Å². The zero-order valence-corrected chi connectivity index (χ0v) is 16.7. The Morgan fingerprint density at radius 2 is 1.93 bits per heavy atom. The fraction of sp³-hybridized carbons (Fsp3) is 0.318. The summed E-state index contributed by atoms with van der Waals surface area (Å²) in [5, 5.41) is 8.77. The van der Waals surface area contributed by atoms with Crippen LogP contribution in [0.4, 0.5) is 5.82 Å². The number of amides is 1. The van der Waals surface area contributed by atoms with Crippen LogP contribution in [0.1, 0.15) is 41.9 Å². The van der Waals surface area contributed by atoms with Gasteiger partial charge in [0.05, 0.1) is 17.4 Å². The molecule has 0 bridgehead atoms. The molecule has 1 amide bonds. The second-order valence-electron chi connectivity index (χ2n) is 7.28. The molecule has 1 aliphatic heterocycles. The van der Waals surface area contributed by atoms with Crippen LogP contribution >= 0.6 is 0 Å². The maximum atomic E-state index is 13.0. The number of hydrogen-bond donors (Lipinski definition) is 0. The van der Waals surface area contributed by atoms with Crippen LogP contribution in [-0.2, 0) is 0 Å². The summed E-state index contributed by atoms with van der Waals surface area (Å²) in [5.41, 5.74) is 3.04. The van der Waals surface area contributed by atoms with E-state index in [1.54, 1.807) is 18.1 Å². The fourth-order valence-electron chi connectivity index (χ4n) is 3.53. The Morgan fingerprint density at radius 3 is 2.62 bits per heavy atom. The summed E-state index contributed by atoms with van der Waals surface area (Å²) in [6, 6.07) is 13.2. The molecule has 0 saturated carbocycles. The minimum absolute atomic E-state index is 0.0698. The van der Waals surface area contributed by atoms with Crippen molar-refractivity contribution in [2.75, 3.05) is 25.0 Å². The Balaban J connectivity index is 1.52. The van der Waals surface area contributed by atoms with Gasteiger partial charge in [-0.15, -0.1) is 10.2 Å². The molecule has 1 unspecified atom stereocenters. The molecule has 2 aromatic heterocycles. The number of rotatable bonds is 5. The molecule has 1 aromatic carbocycles. The van der Waals surface area contributed by atoms with Crippen LogP contribution in [-0.4, -0.2) is 51.1 Å². The van der Waals surface area contributed by atoms with E-state index in [1.165, 1.54) is 19.2 Å². The highest BCUT2D eigenvalue weighted by atomic mass is 16.2. The molecule has 1 aliphatic rings. The highest BCUT2D eigenvalue weighted by molar-refractivity contribution is 5.95. The van der Waals surface area contributed by atoms with E-state index in [9.17, 15) is 4.79 Å². The summed E-state index contributed by atoms with van der Waals surface area (Å²) in [7, 11) is 1.78. The average Bonchev–Trinajstić information content (AvgIpc) is 3.33. The van der Waals surface area contributed by atoms with Crippen LogP contribution in [0, 0.1) is 0 Å². The molecular weight excluding hydrogens is 364 g/mol. The Morgan fingerprint density at radius 1 is 1.10 bits per heavy atom. The van der Waals surface area contributed by atoms with Gasteiger partial charge in [-0.25, -0.2) is 9.97 Å². The van der Waals surface area contributed by atoms with Crippen molar-refractivity contribution in [3.05, 3.63) is 66.2 Å². The molecule has 0 radical (unpaired) electrons. The van der Waals surface area contributed by atoms with E-state index in [1.807, 2.05) is 49.4 Å². The van der Waals surface area contributed by atoms with Crippen molar-refractivity contribution >= 4 is 11.7 Å². The van der Waals surface area contributed by atoms with Gasteiger partial charge < -0.3 is 9.80 Å². The summed E-state index contributed by atoms with van der Waals surface area (Å²) in [6.45, 7) is 4.02. The Hall–Kier alpha value is -3.35. The largest absolute Gasteiger partial charge is 0.355 e. The second kappa shape index (κ2) is 8.34. The SMILES string of the molecule is CC(c1ccncn1)N(C)C(=O)c1cccc(-c2ccc(N3CCCC3)nn2)c1. The lowest BCUT2D eigenvalue weighted by Gasteiger charge is -2.24. The van der Waals surface area contributed by atoms with Crippen LogP contribution < -0.4 is 4.90 Å². The number of carbonyl (C=O) groups is 1. The third kappa shape index (κ3) is 4.08.